The Balaban J connectivity index is 1.88. The normalized spacial score (nSPS) is 17.4. The Bertz CT molecular complexity index is 319. The van der Waals surface area contributed by atoms with Gasteiger partial charge in [-0.3, -0.25) is 0 Å². The summed E-state index contributed by atoms with van der Waals surface area (Å²) in [5.74, 6) is 0. The fourth-order valence-electron chi connectivity index (χ4n) is 2.35. The summed E-state index contributed by atoms with van der Waals surface area (Å²) in [4.78, 5) is 2.51. The summed E-state index contributed by atoms with van der Waals surface area (Å²) in [6.07, 6.45) is 3.99. The Kier molecular flexibility index (Phi) is 4.57. The lowest BCUT2D eigenvalue weighted by molar-refractivity contribution is 0.299. The van der Waals surface area contributed by atoms with E-state index in [0.717, 1.165) is 12.6 Å². The Labute approximate surface area is 105 Å². The van der Waals surface area contributed by atoms with E-state index in [0.29, 0.717) is 6.04 Å². The Morgan fingerprint density at radius 2 is 2.00 bits per heavy atom. The van der Waals surface area contributed by atoms with Crippen molar-refractivity contribution in [2.75, 3.05) is 20.1 Å². The summed E-state index contributed by atoms with van der Waals surface area (Å²) in [7, 11) is 2.26. The molecule has 2 rings (SSSR count). The van der Waals surface area contributed by atoms with E-state index in [1.165, 1.54) is 31.4 Å². The van der Waals surface area contributed by atoms with Crippen molar-refractivity contribution < 1.29 is 0 Å². The highest BCUT2D eigenvalue weighted by Gasteiger charge is 2.26. The molecule has 17 heavy (non-hydrogen) atoms. The molecule has 1 atom stereocenters. The van der Waals surface area contributed by atoms with Crippen molar-refractivity contribution in [3.63, 3.8) is 0 Å². The summed E-state index contributed by atoms with van der Waals surface area (Å²) in [5, 5.41) is 3.59. The van der Waals surface area contributed by atoms with E-state index in [1.54, 1.807) is 0 Å². The van der Waals surface area contributed by atoms with Crippen LogP contribution in [0.5, 0.6) is 0 Å². The van der Waals surface area contributed by atoms with Gasteiger partial charge in [0, 0.05) is 12.1 Å². The highest BCUT2D eigenvalue weighted by molar-refractivity contribution is 5.18. The van der Waals surface area contributed by atoms with E-state index in [4.69, 9.17) is 0 Å². The molecule has 94 valence electrons. The molecule has 1 aliphatic carbocycles. The van der Waals surface area contributed by atoms with E-state index in [-0.39, 0.29) is 0 Å². The van der Waals surface area contributed by atoms with E-state index in [2.05, 4.69) is 54.5 Å². The third kappa shape index (κ3) is 3.83. The number of benzene rings is 1. The number of nitrogens with zero attached hydrogens (tertiary/aromatic N) is 1. The molecule has 0 spiro atoms. The minimum atomic E-state index is 0.502. The molecule has 0 bridgehead atoms. The van der Waals surface area contributed by atoms with Gasteiger partial charge in [0.25, 0.3) is 0 Å². The van der Waals surface area contributed by atoms with Crippen molar-refractivity contribution in [1.29, 1.82) is 0 Å². The van der Waals surface area contributed by atoms with Crippen molar-refractivity contribution >= 4 is 0 Å². The Hall–Kier alpha value is -0.860. The van der Waals surface area contributed by atoms with Gasteiger partial charge in [-0.1, -0.05) is 37.3 Å². The molecule has 1 N–H and O–H groups in total. The van der Waals surface area contributed by atoms with Crippen molar-refractivity contribution in [2.24, 2.45) is 0 Å². The standard InChI is InChI=1S/C15H24N2/c1-3-16-15(13-7-5-4-6-8-13)11-12-17(2)14-9-10-14/h4-8,14-16H,3,9-12H2,1-2H3. The zero-order valence-electron chi connectivity index (χ0n) is 11.0. The predicted octanol–water partition coefficient (Wildman–Crippen LogP) is 2.82. The molecule has 1 unspecified atom stereocenters. The van der Waals surface area contributed by atoms with Gasteiger partial charge < -0.3 is 10.2 Å². The van der Waals surface area contributed by atoms with Crippen molar-refractivity contribution in [3.8, 4) is 0 Å². The number of rotatable bonds is 7. The molecule has 1 fully saturated rings. The summed E-state index contributed by atoms with van der Waals surface area (Å²) >= 11 is 0. The maximum absolute atomic E-state index is 3.59. The zero-order valence-corrected chi connectivity index (χ0v) is 11.0. The van der Waals surface area contributed by atoms with E-state index in [9.17, 15) is 0 Å². The zero-order chi connectivity index (χ0) is 12.1. The van der Waals surface area contributed by atoms with Crippen LogP contribution in [-0.2, 0) is 0 Å². The molecule has 0 amide bonds. The van der Waals surface area contributed by atoms with Crippen LogP contribution in [0.15, 0.2) is 30.3 Å². The fourth-order valence-corrected chi connectivity index (χ4v) is 2.35. The Morgan fingerprint density at radius 1 is 1.29 bits per heavy atom. The van der Waals surface area contributed by atoms with Gasteiger partial charge in [-0.15, -0.1) is 0 Å². The van der Waals surface area contributed by atoms with Gasteiger partial charge in [0.05, 0.1) is 0 Å². The number of hydrogen-bond acceptors (Lipinski definition) is 2. The molecule has 1 aliphatic rings. The first kappa shape index (κ1) is 12.6. The molecule has 1 aromatic rings. The third-order valence-corrected chi connectivity index (χ3v) is 3.59. The van der Waals surface area contributed by atoms with Crippen molar-refractivity contribution in [2.45, 2.75) is 38.3 Å². The maximum atomic E-state index is 3.59. The molecule has 0 heterocycles. The van der Waals surface area contributed by atoms with Crippen LogP contribution in [0, 0.1) is 0 Å². The lowest BCUT2D eigenvalue weighted by Crippen LogP contribution is -2.28. The smallest absolute Gasteiger partial charge is 0.0332 e. The van der Waals surface area contributed by atoms with Crippen molar-refractivity contribution in [1.82, 2.24) is 10.2 Å². The SMILES string of the molecule is CCNC(CCN(C)C1CC1)c1ccccc1. The molecule has 2 heteroatoms. The van der Waals surface area contributed by atoms with Crippen LogP contribution in [-0.4, -0.2) is 31.1 Å². The van der Waals surface area contributed by atoms with Crippen LogP contribution >= 0.6 is 0 Å². The summed E-state index contributed by atoms with van der Waals surface area (Å²) in [5.41, 5.74) is 1.42. The molecule has 0 radical (unpaired) electrons. The van der Waals surface area contributed by atoms with Crippen LogP contribution in [0.2, 0.25) is 0 Å². The predicted molar refractivity (Wildman–Crippen MR) is 73.1 cm³/mol. The lowest BCUT2D eigenvalue weighted by Gasteiger charge is -2.22. The average molecular weight is 232 g/mol. The van der Waals surface area contributed by atoms with Crippen LogP contribution < -0.4 is 5.32 Å². The first-order valence-corrected chi connectivity index (χ1v) is 6.80. The summed E-state index contributed by atoms with van der Waals surface area (Å²) in [6, 6.07) is 12.2. The molecule has 1 saturated carbocycles. The van der Waals surface area contributed by atoms with Gasteiger partial charge in [0.1, 0.15) is 0 Å². The summed E-state index contributed by atoms with van der Waals surface area (Å²) < 4.78 is 0. The average Bonchev–Trinajstić information content (AvgIpc) is 3.19. The van der Waals surface area contributed by atoms with E-state index < -0.39 is 0 Å². The first-order chi connectivity index (χ1) is 8.31. The number of nitrogens with one attached hydrogen (secondary N) is 1. The molecular formula is C15H24N2. The molecule has 2 nitrogen and oxygen atoms in total. The highest BCUT2D eigenvalue weighted by Crippen LogP contribution is 2.26. The second-order valence-electron chi connectivity index (χ2n) is 5.02. The second-order valence-corrected chi connectivity index (χ2v) is 5.02. The first-order valence-electron chi connectivity index (χ1n) is 6.80. The molecule has 1 aromatic carbocycles. The van der Waals surface area contributed by atoms with E-state index in [1.807, 2.05) is 0 Å². The molecule has 0 saturated heterocycles. The summed E-state index contributed by atoms with van der Waals surface area (Å²) in [6.45, 7) is 4.41. The quantitative estimate of drug-likeness (QED) is 0.777. The van der Waals surface area contributed by atoms with Crippen LogP contribution in [0.4, 0.5) is 0 Å². The van der Waals surface area contributed by atoms with E-state index >= 15 is 0 Å². The second kappa shape index (κ2) is 6.18. The van der Waals surface area contributed by atoms with Gasteiger partial charge in [-0.05, 0) is 45.0 Å². The minimum absolute atomic E-state index is 0.502. The highest BCUT2D eigenvalue weighted by atomic mass is 15.2. The van der Waals surface area contributed by atoms with Crippen molar-refractivity contribution in [3.05, 3.63) is 35.9 Å². The van der Waals surface area contributed by atoms with Gasteiger partial charge in [-0.25, -0.2) is 0 Å². The van der Waals surface area contributed by atoms with Gasteiger partial charge >= 0.3 is 0 Å². The number of hydrogen-bond donors (Lipinski definition) is 1. The van der Waals surface area contributed by atoms with Crippen LogP contribution in [0.25, 0.3) is 0 Å². The van der Waals surface area contributed by atoms with Gasteiger partial charge in [-0.2, -0.15) is 0 Å². The Morgan fingerprint density at radius 3 is 2.59 bits per heavy atom. The third-order valence-electron chi connectivity index (χ3n) is 3.59. The fraction of sp³-hybridized carbons (Fsp3) is 0.600. The van der Waals surface area contributed by atoms with Gasteiger partial charge in [0.2, 0.25) is 0 Å². The molecular weight excluding hydrogens is 208 g/mol. The van der Waals surface area contributed by atoms with Crippen LogP contribution in [0.1, 0.15) is 37.8 Å². The maximum Gasteiger partial charge on any atom is 0.0332 e. The van der Waals surface area contributed by atoms with Crippen LogP contribution in [0.3, 0.4) is 0 Å². The lowest BCUT2D eigenvalue weighted by atomic mass is 10.0. The molecule has 0 aromatic heterocycles. The minimum Gasteiger partial charge on any atom is -0.310 e. The van der Waals surface area contributed by atoms with Gasteiger partial charge in [0.15, 0.2) is 0 Å². The largest absolute Gasteiger partial charge is 0.310 e. The topological polar surface area (TPSA) is 15.3 Å². The molecule has 0 aliphatic heterocycles. The monoisotopic (exact) mass is 232 g/mol.